The number of rotatable bonds is 5. The highest BCUT2D eigenvalue weighted by Crippen LogP contribution is 2.09. The van der Waals surface area contributed by atoms with Crippen LogP contribution in [-0.2, 0) is 0 Å². The van der Waals surface area contributed by atoms with Crippen LogP contribution in [0.2, 0.25) is 0 Å². The number of nitrogens with zero attached hydrogens (tertiary/aromatic N) is 1. The number of hydrogen-bond acceptors (Lipinski definition) is 3. The van der Waals surface area contributed by atoms with Crippen LogP contribution in [0.3, 0.4) is 0 Å². The Kier molecular flexibility index (Phi) is 5.63. The maximum Gasteiger partial charge on any atom is 0.0610 e. The first kappa shape index (κ1) is 12.0. The van der Waals surface area contributed by atoms with Crippen molar-refractivity contribution in [3.8, 4) is 0 Å². The zero-order valence-corrected chi connectivity index (χ0v) is 9.01. The molecule has 12 heavy (non-hydrogen) atoms. The number of aliphatic hydroxyl groups is 1. The van der Waals surface area contributed by atoms with Crippen LogP contribution in [0.4, 0.5) is 0 Å². The van der Waals surface area contributed by atoms with Gasteiger partial charge in [0.2, 0.25) is 0 Å². The summed E-state index contributed by atoms with van der Waals surface area (Å²) in [4.78, 5) is 2.10. The lowest BCUT2D eigenvalue weighted by Gasteiger charge is -2.32. The van der Waals surface area contributed by atoms with Gasteiger partial charge in [-0.2, -0.15) is 12.6 Å². The summed E-state index contributed by atoms with van der Waals surface area (Å²) in [5, 5.41) is 9.04. The molecule has 0 aliphatic rings. The van der Waals surface area contributed by atoms with E-state index in [2.05, 4.69) is 23.6 Å². The van der Waals surface area contributed by atoms with E-state index in [-0.39, 0.29) is 12.1 Å². The van der Waals surface area contributed by atoms with Gasteiger partial charge >= 0.3 is 0 Å². The van der Waals surface area contributed by atoms with Crippen LogP contribution < -0.4 is 0 Å². The summed E-state index contributed by atoms with van der Waals surface area (Å²) in [7, 11) is 2.00. The monoisotopic (exact) mass is 189 g/mol. The van der Waals surface area contributed by atoms with E-state index >= 15 is 0 Å². The molecule has 0 aliphatic heterocycles. The van der Waals surface area contributed by atoms with Crippen molar-refractivity contribution in [2.45, 2.75) is 19.4 Å². The molecule has 0 aromatic rings. The van der Waals surface area contributed by atoms with Crippen LogP contribution in [0.1, 0.15) is 13.8 Å². The van der Waals surface area contributed by atoms with Crippen molar-refractivity contribution >= 4 is 12.6 Å². The van der Waals surface area contributed by atoms with Gasteiger partial charge in [0.15, 0.2) is 0 Å². The zero-order chi connectivity index (χ0) is 9.61. The quantitative estimate of drug-likeness (QED) is 0.501. The predicted octanol–water partition coefficient (Wildman–Crippen LogP) is 1.18. The van der Waals surface area contributed by atoms with E-state index < -0.39 is 0 Å². The maximum absolute atomic E-state index is 9.04. The maximum atomic E-state index is 9.04. The lowest BCUT2D eigenvalue weighted by atomic mass is 10.1. The van der Waals surface area contributed by atoms with Gasteiger partial charge in [-0.15, -0.1) is 0 Å². The van der Waals surface area contributed by atoms with Gasteiger partial charge in [0.1, 0.15) is 0 Å². The molecule has 0 amide bonds. The second-order valence-corrected chi connectivity index (χ2v) is 3.87. The molecule has 0 radical (unpaired) electrons. The van der Waals surface area contributed by atoms with Crippen LogP contribution in [0.15, 0.2) is 12.2 Å². The summed E-state index contributed by atoms with van der Waals surface area (Å²) >= 11 is 4.06. The van der Waals surface area contributed by atoms with E-state index in [4.69, 9.17) is 5.11 Å². The van der Waals surface area contributed by atoms with Gasteiger partial charge in [0, 0.05) is 17.8 Å². The van der Waals surface area contributed by atoms with Crippen molar-refractivity contribution in [1.82, 2.24) is 4.90 Å². The molecule has 0 unspecified atom stereocenters. The molecule has 1 N–H and O–H groups in total. The molecule has 0 atom stereocenters. The summed E-state index contributed by atoms with van der Waals surface area (Å²) in [6, 6.07) is 0. The fourth-order valence-corrected chi connectivity index (χ4v) is 0.824. The van der Waals surface area contributed by atoms with Crippen molar-refractivity contribution < 1.29 is 5.11 Å². The third-order valence-electron chi connectivity index (χ3n) is 2.07. The Hall–Kier alpha value is 0.01000. The topological polar surface area (TPSA) is 23.5 Å². The lowest BCUT2D eigenvalue weighted by molar-refractivity contribution is 0.0886. The first-order valence-electron chi connectivity index (χ1n) is 4.12. The average molecular weight is 189 g/mol. The Bertz CT molecular complexity index is 145. The van der Waals surface area contributed by atoms with Gasteiger partial charge < -0.3 is 5.11 Å². The molecule has 0 aliphatic carbocycles. The second kappa shape index (κ2) is 5.62. The first-order valence-corrected chi connectivity index (χ1v) is 4.76. The van der Waals surface area contributed by atoms with Crippen molar-refractivity contribution in [3.05, 3.63) is 12.2 Å². The van der Waals surface area contributed by atoms with E-state index in [1.54, 1.807) is 0 Å². The Labute approximate surface area is 80.7 Å². The Morgan fingerprint density at radius 1 is 1.42 bits per heavy atom. The predicted molar refractivity (Wildman–Crippen MR) is 56.8 cm³/mol. The second-order valence-electron chi connectivity index (χ2n) is 3.51. The molecule has 0 saturated heterocycles. The highest BCUT2D eigenvalue weighted by Gasteiger charge is 2.20. The Morgan fingerprint density at radius 2 is 2.00 bits per heavy atom. The number of thiol groups is 1. The molecule has 0 rings (SSSR count). The molecule has 3 heteroatoms. The first-order chi connectivity index (χ1) is 5.54. The Morgan fingerprint density at radius 3 is 2.42 bits per heavy atom. The minimum absolute atomic E-state index is 0.138. The van der Waals surface area contributed by atoms with Crippen molar-refractivity contribution in [2.24, 2.45) is 0 Å². The number of hydrogen-bond donors (Lipinski definition) is 2. The van der Waals surface area contributed by atoms with Gasteiger partial charge in [0.05, 0.1) is 6.61 Å². The molecule has 0 fully saturated rings. The van der Waals surface area contributed by atoms with Crippen molar-refractivity contribution in [3.63, 3.8) is 0 Å². The normalized spacial score (nSPS) is 13.2. The van der Waals surface area contributed by atoms with E-state index in [0.717, 1.165) is 12.3 Å². The van der Waals surface area contributed by atoms with Crippen LogP contribution >= 0.6 is 12.6 Å². The molecule has 72 valence electrons. The fourth-order valence-electron chi connectivity index (χ4n) is 0.675. The zero-order valence-electron chi connectivity index (χ0n) is 8.12. The summed E-state index contributed by atoms with van der Waals surface area (Å²) in [6.45, 7) is 5.06. The number of likely N-dealkylation sites (N-methyl/N-ethyl adjacent to an activating group) is 1. The van der Waals surface area contributed by atoms with Crippen LogP contribution in [0.25, 0.3) is 0 Å². The smallest absolute Gasteiger partial charge is 0.0610 e. The molecule has 2 nitrogen and oxygen atoms in total. The Balaban J connectivity index is 3.86. The molecule has 0 aromatic carbocycles. The number of aliphatic hydroxyl groups excluding tert-OH is 1. The average Bonchev–Trinajstić information content (AvgIpc) is 2.05. The van der Waals surface area contributed by atoms with Gasteiger partial charge in [-0.1, -0.05) is 12.2 Å². The van der Waals surface area contributed by atoms with E-state index in [1.807, 2.05) is 27.0 Å². The van der Waals surface area contributed by atoms with E-state index in [0.29, 0.717) is 0 Å². The fraction of sp³-hybridized carbons (Fsp3) is 0.778. The minimum Gasteiger partial charge on any atom is -0.394 e. The summed E-state index contributed by atoms with van der Waals surface area (Å²) in [5.41, 5.74) is -0.138. The highest BCUT2D eigenvalue weighted by atomic mass is 32.1. The molecule has 0 aromatic heterocycles. The third-order valence-corrected chi connectivity index (χ3v) is 2.28. The van der Waals surface area contributed by atoms with E-state index in [9.17, 15) is 0 Å². The van der Waals surface area contributed by atoms with Crippen molar-refractivity contribution in [1.29, 1.82) is 0 Å². The standard InChI is InChI=1S/C9H19NOS/c1-9(2,8-11)10(3)6-4-5-7-12/h4-5,11-12H,6-8H2,1-3H3/b5-4+. The third kappa shape index (κ3) is 4.14. The summed E-state index contributed by atoms with van der Waals surface area (Å²) in [5.74, 6) is 0.771. The molecular formula is C9H19NOS. The van der Waals surface area contributed by atoms with Crippen molar-refractivity contribution in [2.75, 3.05) is 26.0 Å². The molecule has 0 saturated carbocycles. The van der Waals surface area contributed by atoms with Gasteiger partial charge in [-0.05, 0) is 20.9 Å². The SMILES string of the molecule is CN(C/C=C/CS)C(C)(C)CO. The highest BCUT2D eigenvalue weighted by molar-refractivity contribution is 7.80. The molecule has 0 bridgehead atoms. The van der Waals surface area contributed by atoms with Gasteiger partial charge in [0.25, 0.3) is 0 Å². The van der Waals surface area contributed by atoms with Gasteiger partial charge in [-0.25, -0.2) is 0 Å². The summed E-state index contributed by atoms with van der Waals surface area (Å²) < 4.78 is 0. The lowest BCUT2D eigenvalue weighted by Crippen LogP contribution is -2.44. The van der Waals surface area contributed by atoms with Crippen LogP contribution in [0.5, 0.6) is 0 Å². The largest absolute Gasteiger partial charge is 0.394 e. The summed E-state index contributed by atoms with van der Waals surface area (Å²) in [6.07, 6.45) is 4.07. The van der Waals surface area contributed by atoms with Gasteiger partial charge in [-0.3, -0.25) is 4.90 Å². The van der Waals surface area contributed by atoms with Crippen LogP contribution in [-0.4, -0.2) is 41.5 Å². The molecular weight excluding hydrogens is 170 g/mol. The van der Waals surface area contributed by atoms with Crippen LogP contribution in [0, 0.1) is 0 Å². The minimum atomic E-state index is -0.138. The molecule has 0 spiro atoms. The molecule has 0 heterocycles. The van der Waals surface area contributed by atoms with E-state index in [1.165, 1.54) is 0 Å².